The Morgan fingerprint density at radius 2 is 1.50 bits per heavy atom. The van der Waals surface area contributed by atoms with E-state index in [2.05, 4.69) is 31.2 Å². The Balaban J connectivity index is 1.84. The van der Waals surface area contributed by atoms with Gasteiger partial charge in [-0.2, -0.15) is 5.06 Å². The lowest BCUT2D eigenvalue weighted by atomic mass is 9.72. The van der Waals surface area contributed by atoms with E-state index in [9.17, 15) is 0 Å². The number of rotatable bonds is 2. The maximum absolute atomic E-state index is 6.21. The zero-order valence-corrected chi connectivity index (χ0v) is 11.0. The number of hydrogen-bond acceptors (Lipinski definition) is 3. The van der Waals surface area contributed by atoms with Crippen LogP contribution in [0.1, 0.15) is 46.5 Å². The zero-order valence-electron chi connectivity index (χ0n) is 11.0. The molecular weight excluding hydrogens is 200 g/mol. The van der Waals surface area contributed by atoms with Gasteiger partial charge in [-0.3, -0.25) is 4.84 Å². The van der Waals surface area contributed by atoms with Crippen LogP contribution in [0.4, 0.5) is 0 Å². The summed E-state index contributed by atoms with van der Waals surface area (Å²) >= 11 is 0. The Labute approximate surface area is 99.5 Å². The molecule has 0 aromatic rings. The first-order valence-electron chi connectivity index (χ1n) is 6.64. The molecule has 1 aliphatic carbocycles. The summed E-state index contributed by atoms with van der Waals surface area (Å²) in [6.07, 6.45) is 4.97. The van der Waals surface area contributed by atoms with Gasteiger partial charge in [0.15, 0.2) is 0 Å². The van der Waals surface area contributed by atoms with Crippen LogP contribution in [0.5, 0.6) is 0 Å². The minimum atomic E-state index is 0.0901. The molecule has 2 rings (SSSR count). The highest BCUT2D eigenvalue weighted by molar-refractivity contribution is 4.87. The topological polar surface area (TPSA) is 24.5 Å². The molecule has 0 aromatic heterocycles. The van der Waals surface area contributed by atoms with Gasteiger partial charge in [-0.1, -0.05) is 13.8 Å². The Morgan fingerprint density at radius 1 is 0.938 bits per heavy atom. The van der Waals surface area contributed by atoms with Crippen LogP contribution in [0.2, 0.25) is 0 Å². The molecule has 1 saturated carbocycles. The molecule has 2 fully saturated rings. The molecule has 0 bridgehead atoms. The van der Waals surface area contributed by atoms with E-state index in [-0.39, 0.29) is 5.60 Å². The molecule has 0 unspecified atom stereocenters. The highest BCUT2D eigenvalue weighted by Crippen LogP contribution is 2.42. The third-order valence-electron chi connectivity index (χ3n) is 4.09. The minimum absolute atomic E-state index is 0.0901. The summed E-state index contributed by atoms with van der Waals surface area (Å²) < 4.78 is 0. The van der Waals surface area contributed by atoms with E-state index in [1.54, 1.807) is 0 Å². The van der Waals surface area contributed by atoms with Crippen molar-refractivity contribution in [2.45, 2.75) is 52.1 Å². The van der Waals surface area contributed by atoms with Crippen molar-refractivity contribution in [1.29, 1.82) is 0 Å². The smallest absolute Gasteiger partial charge is 0.0872 e. The summed E-state index contributed by atoms with van der Waals surface area (Å²) in [5, 5.41) is 5.52. The monoisotopic (exact) mass is 226 g/mol. The fourth-order valence-corrected chi connectivity index (χ4v) is 2.59. The van der Waals surface area contributed by atoms with Crippen LogP contribution < -0.4 is 5.32 Å². The summed E-state index contributed by atoms with van der Waals surface area (Å²) in [6, 6.07) is 0. The fraction of sp³-hybridized carbons (Fsp3) is 1.00. The van der Waals surface area contributed by atoms with Crippen LogP contribution in [0.15, 0.2) is 0 Å². The first-order chi connectivity index (χ1) is 7.49. The maximum atomic E-state index is 6.21. The van der Waals surface area contributed by atoms with E-state index in [1.165, 1.54) is 25.7 Å². The summed E-state index contributed by atoms with van der Waals surface area (Å²) in [4.78, 5) is 6.21. The molecule has 1 saturated heterocycles. The summed E-state index contributed by atoms with van der Waals surface area (Å²) in [5.74, 6) is 0. The zero-order chi connectivity index (χ0) is 11.6. The molecule has 94 valence electrons. The summed E-state index contributed by atoms with van der Waals surface area (Å²) in [6.45, 7) is 11.2. The molecule has 0 spiro atoms. The predicted molar refractivity (Wildman–Crippen MR) is 66.2 cm³/mol. The van der Waals surface area contributed by atoms with E-state index in [4.69, 9.17) is 4.84 Å². The Kier molecular flexibility index (Phi) is 3.57. The largest absolute Gasteiger partial charge is 0.314 e. The van der Waals surface area contributed by atoms with Crippen molar-refractivity contribution >= 4 is 0 Å². The number of nitrogens with zero attached hydrogens (tertiary/aromatic N) is 1. The van der Waals surface area contributed by atoms with Crippen molar-refractivity contribution in [2.24, 2.45) is 5.41 Å². The van der Waals surface area contributed by atoms with Gasteiger partial charge in [-0.25, -0.2) is 0 Å². The van der Waals surface area contributed by atoms with Crippen molar-refractivity contribution in [2.75, 3.05) is 26.2 Å². The molecule has 0 aromatic carbocycles. The molecule has 2 aliphatic rings. The molecule has 0 amide bonds. The summed E-state index contributed by atoms with van der Waals surface area (Å²) in [7, 11) is 0. The van der Waals surface area contributed by atoms with E-state index in [0.29, 0.717) is 5.41 Å². The van der Waals surface area contributed by atoms with Gasteiger partial charge in [-0.05, 0) is 38.0 Å². The van der Waals surface area contributed by atoms with Gasteiger partial charge in [0.2, 0.25) is 0 Å². The molecule has 16 heavy (non-hydrogen) atoms. The Bertz CT molecular complexity index is 224. The molecule has 3 heteroatoms. The maximum Gasteiger partial charge on any atom is 0.0872 e. The first kappa shape index (κ1) is 12.3. The van der Waals surface area contributed by atoms with Crippen molar-refractivity contribution in [1.82, 2.24) is 10.4 Å². The normalized spacial score (nSPS) is 30.2. The van der Waals surface area contributed by atoms with Gasteiger partial charge in [0.1, 0.15) is 0 Å². The van der Waals surface area contributed by atoms with Gasteiger partial charge >= 0.3 is 0 Å². The molecule has 1 aliphatic heterocycles. The lowest BCUT2D eigenvalue weighted by Crippen LogP contribution is -2.49. The fourth-order valence-electron chi connectivity index (χ4n) is 2.59. The van der Waals surface area contributed by atoms with E-state index < -0.39 is 0 Å². The average Bonchev–Trinajstić information content (AvgIpc) is 2.25. The molecule has 0 radical (unpaired) electrons. The minimum Gasteiger partial charge on any atom is -0.314 e. The lowest BCUT2D eigenvalue weighted by molar-refractivity contribution is -0.258. The number of hydroxylamine groups is 2. The van der Waals surface area contributed by atoms with Gasteiger partial charge in [0.25, 0.3) is 0 Å². The summed E-state index contributed by atoms with van der Waals surface area (Å²) in [5.41, 5.74) is 0.610. The van der Waals surface area contributed by atoms with Crippen molar-refractivity contribution in [3.63, 3.8) is 0 Å². The lowest BCUT2D eigenvalue weighted by Gasteiger charge is -2.44. The second-order valence-electron chi connectivity index (χ2n) is 6.38. The van der Waals surface area contributed by atoms with Gasteiger partial charge in [0, 0.05) is 26.2 Å². The Hall–Kier alpha value is -0.120. The second kappa shape index (κ2) is 4.63. The Morgan fingerprint density at radius 3 is 2.06 bits per heavy atom. The van der Waals surface area contributed by atoms with Crippen molar-refractivity contribution < 1.29 is 4.84 Å². The number of hydrogen-bond donors (Lipinski definition) is 1. The van der Waals surface area contributed by atoms with E-state index >= 15 is 0 Å². The van der Waals surface area contributed by atoms with Gasteiger partial charge in [-0.15, -0.1) is 0 Å². The van der Waals surface area contributed by atoms with E-state index in [1.807, 2.05) is 0 Å². The molecule has 1 heterocycles. The predicted octanol–water partition coefficient (Wildman–Crippen LogP) is 2.18. The molecule has 3 nitrogen and oxygen atoms in total. The SMILES string of the molecule is CC1(C)CCC(C)(ON2CCNCC2)CC1. The average molecular weight is 226 g/mol. The molecular formula is C13H26N2O. The van der Waals surface area contributed by atoms with Gasteiger partial charge in [0.05, 0.1) is 5.60 Å². The first-order valence-corrected chi connectivity index (χ1v) is 6.64. The van der Waals surface area contributed by atoms with Crippen LogP contribution in [-0.2, 0) is 4.84 Å². The second-order valence-corrected chi connectivity index (χ2v) is 6.38. The third-order valence-corrected chi connectivity index (χ3v) is 4.09. The van der Waals surface area contributed by atoms with Crippen molar-refractivity contribution in [3.8, 4) is 0 Å². The van der Waals surface area contributed by atoms with Crippen LogP contribution in [-0.4, -0.2) is 36.8 Å². The van der Waals surface area contributed by atoms with Crippen molar-refractivity contribution in [3.05, 3.63) is 0 Å². The number of nitrogens with one attached hydrogen (secondary N) is 1. The molecule has 0 atom stereocenters. The third kappa shape index (κ3) is 3.19. The molecule has 1 N–H and O–H groups in total. The quantitative estimate of drug-likeness (QED) is 0.781. The highest BCUT2D eigenvalue weighted by Gasteiger charge is 2.37. The van der Waals surface area contributed by atoms with Crippen LogP contribution in [0, 0.1) is 5.41 Å². The van der Waals surface area contributed by atoms with E-state index in [0.717, 1.165) is 26.2 Å². The van der Waals surface area contributed by atoms with Crippen LogP contribution in [0.3, 0.4) is 0 Å². The standard InChI is InChI=1S/C13H26N2O/c1-12(2)4-6-13(3,7-5-12)16-15-10-8-14-9-11-15/h14H,4-11H2,1-3H3. The highest BCUT2D eigenvalue weighted by atomic mass is 16.7. The number of piperazine rings is 1. The van der Waals surface area contributed by atoms with Crippen LogP contribution in [0.25, 0.3) is 0 Å². The van der Waals surface area contributed by atoms with Crippen LogP contribution >= 0.6 is 0 Å². The van der Waals surface area contributed by atoms with Gasteiger partial charge < -0.3 is 5.32 Å².